The van der Waals surface area contributed by atoms with Crippen LogP contribution in [0.15, 0.2) is 24.3 Å². The first kappa shape index (κ1) is 14.0. The van der Waals surface area contributed by atoms with Gasteiger partial charge in [0.05, 0.1) is 6.04 Å². The monoisotopic (exact) mass is 261 g/mol. The van der Waals surface area contributed by atoms with E-state index in [0.717, 1.165) is 32.5 Å². The summed E-state index contributed by atoms with van der Waals surface area (Å²) in [5.74, 6) is 0.200. The van der Waals surface area contributed by atoms with Crippen molar-refractivity contribution in [2.75, 3.05) is 27.2 Å². The van der Waals surface area contributed by atoms with Crippen molar-refractivity contribution in [3.8, 4) is 0 Å². The van der Waals surface area contributed by atoms with Gasteiger partial charge in [-0.05, 0) is 37.6 Å². The molecule has 0 aromatic heterocycles. The maximum Gasteiger partial charge on any atom is 0.239 e. The highest BCUT2D eigenvalue weighted by molar-refractivity contribution is 5.82. The van der Waals surface area contributed by atoms with Gasteiger partial charge in [0, 0.05) is 20.1 Å². The van der Waals surface area contributed by atoms with E-state index >= 15 is 0 Å². The molecule has 1 heterocycles. The van der Waals surface area contributed by atoms with Crippen LogP contribution in [0.3, 0.4) is 0 Å². The Kier molecular flexibility index (Phi) is 4.93. The fourth-order valence-electron chi connectivity index (χ4n) is 2.50. The Bertz CT molecular complexity index is 433. The number of likely N-dealkylation sites (N-methyl/N-ethyl adjacent to an activating group) is 1. The highest BCUT2D eigenvalue weighted by Gasteiger charge is 2.25. The largest absolute Gasteiger partial charge is 0.344 e. The van der Waals surface area contributed by atoms with Crippen molar-refractivity contribution in [2.24, 2.45) is 0 Å². The first-order chi connectivity index (χ1) is 9.22. The van der Waals surface area contributed by atoms with Gasteiger partial charge >= 0.3 is 0 Å². The minimum atomic E-state index is -0.0746. The summed E-state index contributed by atoms with van der Waals surface area (Å²) in [4.78, 5) is 14.2. The number of hydrogen-bond donors (Lipinski definition) is 2. The summed E-state index contributed by atoms with van der Waals surface area (Å²) in [5.41, 5.74) is 2.60. The number of nitrogens with zero attached hydrogens (tertiary/aromatic N) is 1. The minimum absolute atomic E-state index is 0.0746. The summed E-state index contributed by atoms with van der Waals surface area (Å²) in [6.45, 7) is 2.54. The standard InChI is InChI=1S/C15H23N3O/c1-16-8-5-9-18(2)15(19)14-10-12-6-3-4-7-13(12)11-17-14/h3-4,6-7,14,16-17H,5,8-11H2,1-2H3/t14-/m1/s1. The number of amides is 1. The molecule has 104 valence electrons. The Labute approximate surface area is 115 Å². The van der Waals surface area contributed by atoms with Gasteiger partial charge in [-0.15, -0.1) is 0 Å². The zero-order valence-electron chi connectivity index (χ0n) is 11.8. The fourth-order valence-corrected chi connectivity index (χ4v) is 2.50. The summed E-state index contributed by atoms with van der Waals surface area (Å²) in [7, 11) is 3.82. The average Bonchev–Trinajstić information content (AvgIpc) is 2.46. The third kappa shape index (κ3) is 3.55. The third-order valence-corrected chi connectivity index (χ3v) is 3.68. The summed E-state index contributed by atoms with van der Waals surface area (Å²) in [6, 6.07) is 8.26. The molecule has 2 rings (SSSR count). The van der Waals surface area contributed by atoms with Gasteiger partial charge in [-0.3, -0.25) is 4.79 Å². The van der Waals surface area contributed by atoms with Crippen LogP contribution in [0.2, 0.25) is 0 Å². The molecule has 1 aliphatic rings. The molecule has 0 bridgehead atoms. The molecular weight excluding hydrogens is 238 g/mol. The van der Waals surface area contributed by atoms with Crippen LogP contribution in [0.25, 0.3) is 0 Å². The smallest absolute Gasteiger partial charge is 0.239 e. The normalized spacial score (nSPS) is 17.9. The van der Waals surface area contributed by atoms with Gasteiger partial charge in [0.1, 0.15) is 0 Å². The molecule has 0 radical (unpaired) electrons. The van der Waals surface area contributed by atoms with Gasteiger partial charge in [0.25, 0.3) is 0 Å². The maximum atomic E-state index is 12.3. The van der Waals surface area contributed by atoms with Crippen LogP contribution in [0.4, 0.5) is 0 Å². The first-order valence-corrected chi connectivity index (χ1v) is 6.92. The Morgan fingerprint density at radius 1 is 1.42 bits per heavy atom. The van der Waals surface area contributed by atoms with Gasteiger partial charge in [-0.25, -0.2) is 0 Å². The second kappa shape index (κ2) is 6.68. The lowest BCUT2D eigenvalue weighted by atomic mass is 9.95. The number of carbonyl (C=O) groups is 1. The lowest BCUT2D eigenvalue weighted by Gasteiger charge is -2.29. The van der Waals surface area contributed by atoms with Crippen LogP contribution >= 0.6 is 0 Å². The molecular formula is C15H23N3O. The Balaban J connectivity index is 1.91. The zero-order valence-corrected chi connectivity index (χ0v) is 11.8. The average molecular weight is 261 g/mol. The number of benzene rings is 1. The van der Waals surface area contributed by atoms with Crippen LogP contribution in [0.1, 0.15) is 17.5 Å². The van der Waals surface area contributed by atoms with E-state index in [4.69, 9.17) is 0 Å². The lowest BCUT2D eigenvalue weighted by molar-refractivity contribution is -0.132. The van der Waals surface area contributed by atoms with Crippen molar-refractivity contribution in [3.63, 3.8) is 0 Å². The maximum absolute atomic E-state index is 12.3. The van der Waals surface area contributed by atoms with E-state index in [1.165, 1.54) is 11.1 Å². The van der Waals surface area contributed by atoms with E-state index in [1.54, 1.807) is 0 Å². The highest BCUT2D eigenvalue weighted by atomic mass is 16.2. The minimum Gasteiger partial charge on any atom is -0.344 e. The van der Waals surface area contributed by atoms with E-state index in [-0.39, 0.29) is 11.9 Å². The second-order valence-electron chi connectivity index (χ2n) is 5.12. The molecule has 0 fully saturated rings. The Morgan fingerprint density at radius 2 is 2.16 bits per heavy atom. The lowest BCUT2D eigenvalue weighted by Crippen LogP contribution is -2.48. The van der Waals surface area contributed by atoms with Gasteiger partial charge < -0.3 is 15.5 Å². The summed E-state index contributed by atoms with van der Waals surface area (Å²) >= 11 is 0. The molecule has 4 heteroatoms. The number of hydrogen-bond acceptors (Lipinski definition) is 3. The van der Waals surface area contributed by atoms with Crippen LogP contribution in [-0.4, -0.2) is 44.0 Å². The number of nitrogens with one attached hydrogen (secondary N) is 2. The molecule has 0 saturated heterocycles. The molecule has 2 N–H and O–H groups in total. The summed E-state index contributed by atoms with van der Waals surface area (Å²) in [5, 5.41) is 6.44. The summed E-state index contributed by atoms with van der Waals surface area (Å²) < 4.78 is 0. The van der Waals surface area contributed by atoms with Crippen LogP contribution < -0.4 is 10.6 Å². The fraction of sp³-hybridized carbons (Fsp3) is 0.533. The highest BCUT2D eigenvalue weighted by Crippen LogP contribution is 2.17. The predicted molar refractivity (Wildman–Crippen MR) is 77.0 cm³/mol. The van der Waals surface area contributed by atoms with E-state index in [0.29, 0.717) is 0 Å². The molecule has 1 aromatic carbocycles. The first-order valence-electron chi connectivity index (χ1n) is 6.92. The van der Waals surface area contributed by atoms with Crippen LogP contribution in [0, 0.1) is 0 Å². The van der Waals surface area contributed by atoms with E-state index in [9.17, 15) is 4.79 Å². The molecule has 19 heavy (non-hydrogen) atoms. The summed E-state index contributed by atoms with van der Waals surface area (Å²) in [6.07, 6.45) is 1.79. The Morgan fingerprint density at radius 3 is 2.89 bits per heavy atom. The quantitative estimate of drug-likeness (QED) is 0.770. The Hall–Kier alpha value is -1.39. The van der Waals surface area contributed by atoms with Crippen molar-refractivity contribution in [2.45, 2.75) is 25.4 Å². The van der Waals surface area contributed by atoms with Gasteiger partial charge in [0.2, 0.25) is 5.91 Å². The topological polar surface area (TPSA) is 44.4 Å². The molecule has 1 aliphatic heterocycles. The third-order valence-electron chi connectivity index (χ3n) is 3.68. The van der Waals surface area contributed by atoms with Crippen LogP contribution in [0.5, 0.6) is 0 Å². The molecule has 1 amide bonds. The number of carbonyl (C=O) groups excluding carboxylic acids is 1. The molecule has 0 unspecified atom stereocenters. The SMILES string of the molecule is CNCCCN(C)C(=O)[C@H]1Cc2ccccc2CN1. The zero-order chi connectivity index (χ0) is 13.7. The number of rotatable bonds is 5. The second-order valence-corrected chi connectivity index (χ2v) is 5.12. The van der Waals surface area contributed by atoms with Crippen molar-refractivity contribution in [1.29, 1.82) is 0 Å². The molecule has 0 aliphatic carbocycles. The van der Waals surface area contributed by atoms with E-state index in [2.05, 4.69) is 22.8 Å². The van der Waals surface area contributed by atoms with Gasteiger partial charge in [-0.2, -0.15) is 0 Å². The molecule has 0 spiro atoms. The van der Waals surface area contributed by atoms with Crippen molar-refractivity contribution in [1.82, 2.24) is 15.5 Å². The molecule has 0 saturated carbocycles. The molecule has 4 nitrogen and oxygen atoms in total. The molecule has 1 aromatic rings. The number of fused-ring (bicyclic) bond motifs is 1. The van der Waals surface area contributed by atoms with E-state index in [1.807, 2.05) is 31.1 Å². The van der Waals surface area contributed by atoms with Gasteiger partial charge in [0.15, 0.2) is 0 Å². The van der Waals surface area contributed by atoms with Crippen LogP contribution in [-0.2, 0) is 17.8 Å². The van der Waals surface area contributed by atoms with Crippen molar-refractivity contribution < 1.29 is 4.79 Å². The van der Waals surface area contributed by atoms with Gasteiger partial charge in [-0.1, -0.05) is 24.3 Å². The predicted octanol–water partition coefficient (Wildman–Crippen LogP) is 0.769. The molecule has 1 atom stereocenters. The van der Waals surface area contributed by atoms with Crippen molar-refractivity contribution >= 4 is 5.91 Å². The van der Waals surface area contributed by atoms with E-state index < -0.39 is 0 Å². The van der Waals surface area contributed by atoms with Crippen molar-refractivity contribution in [3.05, 3.63) is 35.4 Å².